The molecule has 32 heavy (non-hydrogen) atoms. The smallest absolute Gasteiger partial charge is 0.337 e. The quantitative estimate of drug-likeness (QED) is 0.110. The van der Waals surface area contributed by atoms with Crippen molar-refractivity contribution in [1.82, 2.24) is 4.90 Å². The number of carbonyl (C=O) groups is 3. The summed E-state index contributed by atoms with van der Waals surface area (Å²) in [5.74, 6) is -0.753. The van der Waals surface area contributed by atoms with Crippen LogP contribution in [0.4, 0.5) is 5.69 Å². The number of β-lactam (4-membered cyclic amide) rings is 1. The lowest BCUT2D eigenvalue weighted by Crippen LogP contribution is -2.74. The predicted octanol–water partition coefficient (Wildman–Crippen LogP) is 2.76. The molecule has 1 saturated heterocycles. The summed E-state index contributed by atoms with van der Waals surface area (Å²) in [6.45, 7) is 8.36. The summed E-state index contributed by atoms with van der Waals surface area (Å²) in [5, 5.41) is 10.8. The number of ether oxygens (including phenoxy) is 1. The molecule has 2 atom stereocenters. The van der Waals surface area contributed by atoms with Crippen molar-refractivity contribution in [3.05, 3.63) is 39.9 Å². The summed E-state index contributed by atoms with van der Waals surface area (Å²) in [6.07, 6.45) is 2.11. The van der Waals surface area contributed by atoms with E-state index in [1.54, 1.807) is 0 Å². The summed E-state index contributed by atoms with van der Waals surface area (Å²) in [7, 11) is 0. The third-order valence-corrected chi connectivity index (χ3v) is 6.99. The lowest BCUT2D eigenvalue weighted by Gasteiger charge is -2.53. The van der Waals surface area contributed by atoms with E-state index in [1.807, 2.05) is 27.0 Å². The molecule has 1 heterocycles. The predicted molar refractivity (Wildman–Crippen MR) is 122 cm³/mol. The van der Waals surface area contributed by atoms with Gasteiger partial charge < -0.3 is 9.22 Å². The fourth-order valence-electron chi connectivity index (χ4n) is 4.18. The van der Waals surface area contributed by atoms with Crippen molar-refractivity contribution >= 4 is 35.1 Å². The van der Waals surface area contributed by atoms with Gasteiger partial charge in [-0.2, -0.15) is 11.8 Å². The number of benzene rings is 1. The summed E-state index contributed by atoms with van der Waals surface area (Å²) in [5.41, 5.74) is 0.499. The van der Waals surface area contributed by atoms with E-state index in [1.165, 1.54) is 40.9 Å². The average molecular weight is 467 g/mol. The van der Waals surface area contributed by atoms with E-state index >= 15 is 0 Å². The topological polar surface area (TPSA) is 107 Å². The third-order valence-electron chi connectivity index (χ3n) is 6.38. The van der Waals surface area contributed by atoms with Crippen LogP contribution in [-0.2, 0) is 25.7 Å². The summed E-state index contributed by atoms with van der Waals surface area (Å²) < 4.78 is 6.04. The lowest BCUT2D eigenvalue weighted by atomic mass is 9.97. The summed E-state index contributed by atoms with van der Waals surface area (Å²) in [4.78, 5) is 50.4. The van der Waals surface area contributed by atoms with Gasteiger partial charge in [-0.25, -0.2) is 4.79 Å². The Labute approximate surface area is 192 Å². The number of nitrogens with zero attached hydrogens (tertiary/aromatic N) is 3. The molecular weight excluding hydrogens is 434 g/mol. The Kier molecular flexibility index (Phi) is 9.21. The van der Waals surface area contributed by atoms with Gasteiger partial charge >= 0.3 is 5.97 Å². The van der Waals surface area contributed by atoms with Crippen molar-refractivity contribution in [2.45, 2.75) is 52.4 Å². The molecule has 0 aliphatic carbocycles. The molecule has 9 nitrogen and oxygen atoms in total. The van der Waals surface area contributed by atoms with Gasteiger partial charge in [-0.1, -0.05) is 0 Å². The van der Waals surface area contributed by atoms with Gasteiger partial charge in [-0.3, -0.25) is 24.6 Å². The molecule has 1 aliphatic heterocycles. The maximum Gasteiger partial charge on any atom is 0.337 e. The van der Waals surface area contributed by atoms with Crippen LogP contribution in [-0.4, -0.2) is 75.8 Å². The Morgan fingerprint density at radius 3 is 2.28 bits per heavy atom. The molecule has 0 bridgehead atoms. The Morgan fingerprint density at radius 2 is 1.81 bits per heavy atom. The molecule has 1 amide bonds. The highest BCUT2D eigenvalue weighted by Gasteiger charge is 2.55. The number of thioether (sulfide) groups is 1. The number of nitro benzene ring substituents is 1. The number of hydrogen-bond acceptors (Lipinski definition) is 7. The van der Waals surface area contributed by atoms with Crippen LogP contribution in [0.3, 0.4) is 0 Å². The van der Waals surface area contributed by atoms with Gasteiger partial charge in [0.25, 0.3) is 5.69 Å². The van der Waals surface area contributed by atoms with E-state index in [0.29, 0.717) is 22.2 Å². The molecule has 1 aromatic rings. The second kappa shape index (κ2) is 11.4. The van der Waals surface area contributed by atoms with Crippen LogP contribution in [0.25, 0.3) is 0 Å². The molecule has 0 radical (unpaired) electrons. The Hall–Kier alpha value is -2.46. The van der Waals surface area contributed by atoms with Gasteiger partial charge in [0.2, 0.25) is 5.91 Å². The molecule has 0 saturated carbocycles. The lowest BCUT2D eigenvalue weighted by molar-refractivity contribution is -0.959. The van der Waals surface area contributed by atoms with Crippen LogP contribution < -0.4 is 0 Å². The minimum atomic E-state index is -1.27. The SMILES string of the molecule is CC[N+](CC)(CC)C1CC(=O)N1C(C(=O)CCSC)C(=O)OCc1ccc([N+](=O)[O-])cc1. The number of likely N-dealkylation sites (tertiary alicyclic amines) is 1. The van der Waals surface area contributed by atoms with Crippen LogP contribution in [0, 0.1) is 10.1 Å². The zero-order valence-corrected chi connectivity index (χ0v) is 19.9. The number of esters is 1. The maximum atomic E-state index is 13.1. The first kappa shape index (κ1) is 25.8. The van der Waals surface area contributed by atoms with Crippen molar-refractivity contribution in [3.8, 4) is 0 Å². The molecule has 2 rings (SSSR count). The minimum Gasteiger partial charge on any atom is -0.459 e. The molecule has 1 aliphatic rings. The van der Waals surface area contributed by atoms with E-state index in [-0.39, 0.29) is 36.6 Å². The number of non-ortho nitro benzene ring substituents is 1. The van der Waals surface area contributed by atoms with Crippen LogP contribution in [0.15, 0.2) is 24.3 Å². The van der Waals surface area contributed by atoms with Crippen molar-refractivity contribution < 1.29 is 28.5 Å². The number of rotatable bonds is 13. The van der Waals surface area contributed by atoms with E-state index in [4.69, 9.17) is 4.74 Å². The molecule has 10 heteroatoms. The van der Waals surface area contributed by atoms with Crippen molar-refractivity contribution in [2.75, 3.05) is 31.6 Å². The normalized spacial score (nSPS) is 16.9. The van der Waals surface area contributed by atoms with Crippen LogP contribution in [0.1, 0.15) is 39.2 Å². The average Bonchev–Trinajstić information content (AvgIpc) is 2.80. The fourth-order valence-corrected chi connectivity index (χ4v) is 4.58. The van der Waals surface area contributed by atoms with Gasteiger partial charge in [-0.15, -0.1) is 0 Å². The number of hydrogen-bond donors (Lipinski definition) is 0. The molecule has 1 fully saturated rings. The molecule has 1 aromatic carbocycles. The first-order valence-corrected chi connectivity index (χ1v) is 12.2. The molecule has 0 spiro atoms. The monoisotopic (exact) mass is 466 g/mol. The second-order valence-corrected chi connectivity index (χ2v) is 8.78. The van der Waals surface area contributed by atoms with Gasteiger partial charge in [0.15, 0.2) is 18.0 Å². The number of nitro groups is 1. The molecule has 0 aromatic heterocycles. The van der Waals surface area contributed by atoms with E-state index in [2.05, 4.69) is 0 Å². The number of carbonyl (C=O) groups excluding carboxylic acids is 3. The highest BCUT2D eigenvalue weighted by atomic mass is 32.2. The Bertz CT molecular complexity index is 832. The highest BCUT2D eigenvalue weighted by molar-refractivity contribution is 7.98. The summed E-state index contributed by atoms with van der Waals surface area (Å²) in [6, 6.07) is 4.39. The third kappa shape index (κ3) is 5.47. The Morgan fingerprint density at radius 1 is 1.22 bits per heavy atom. The first-order chi connectivity index (χ1) is 15.2. The van der Waals surface area contributed by atoms with E-state index in [0.717, 1.165) is 19.6 Å². The largest absolute Gasteiger partial charge is 0.459 e. The first-order valence-electron chi connectivity index (χ1n) is 10.8. The summed E-state index contributed by atoms with van der Waals surface area (Å²) >= 11 is 1.50. The maximum absolute atomic E-state index is 13.1. The van der Waals surface area contributed by atoms with E-state index in [9.17, 15) is 24.5 Å². The molecule has 0 N–H and O–H groups in total. The van der Waals surface area contributed by atoms with Crippen molar-refractivity contribution in [1.29, 1.82) is 0 Å². The second-order valence-electron chi connectivity index (χ2n) is 7.80. The molecule has 2 unspecified atom stereocenters. The standard InChI is InChI=1S/C22H32N3O6S/c1-5-25(6-2,7-3)19-14-20(27)23(19)21(18(26)12-13-32-4)22(28)31-15-16-8-10-17(11-9-16)24(29)30/h8-11,19,21H,5-7,12-15H2,1-4H3/q+1. The number of amides is 1. The molecule has 176 valence electrons. The highest BCUT2D eigenvalue weighted by Crippen LogP contribution is 2.32. The zero-order valence-electron chi connectivity index (χ0n) is 19.1. The van der Waals surface area contributed by atoms with Gasteiger partial charge in [0.1, 0.15) is 6.61 Å². The number of ketones is 1. The van der Waals surface area contributed by atoms with Crippen LogP contribution >= 0.6 is 11.8 Å². The van der Waals surface area contributed by atoms with Crippen molar-refractivity contribution in [3.63, 3.8) is 0 Å². The Balaban J connectivity index is 2.23. The van der Waals surface area contributed by atoms with Gasteiger partial charge in [0.05, 0.1) is 31.0 Å². The fraction of sp³-hybridized carbons (Fsp3) is 0.591. The van der Waals surface area contributed by atoms with Crippen molar-refractivity contribution in [2.24, 2.45) is 0 Å². The van der Waals surface area contributed by atoms with Crippen LogP contribution in [0.2, 0.25) is 0 Å². The minimum absolute atomic E-state index is 0.0629. The van der Waals surface area contributed by atoms with Crippen LogP contribution in [0.5, 0.6) is 0 Å². The van der Waals surface area contributed by atoms with Gasteiger partial charge in [-0.05, 0) is 50.5 Å². The van der Waals surface area contributed by atoms with E-state index < -0.39 is 16.9 Å². The number of quaternary nitrogens is 1. The zero-order chi connectivity index (χ0) is 23.9. The molecular formula is C22H32N3O6S+. The number of Topliss-reactive ketones (excluding diaryl/α,β-unsaturated/α-hetero) is 1. The van der Waals surface area contributed by atoms with Gasteiger partial charge in [0, 0.05) is 18.6 Å².